The molecular weight excluding hydrogens is 366 g/mol. The van der Waals surface area contributed by atoms with Crippen molar-refractivity contribution in [2.24, 2.45) is 11.7 Å². The number of hydrogen-bond acceptors (Lipinski definition) is 6. The summed E-state index contributed by atoms with van der Waals surface area (Å²) in [6.07, 6.45) is 8.05. The van der Waals surface area contributed by atoms with Gasteiger partial charge in [-0.05, 0) is 57.6 Å². The summed E-state index contributed by atoms with van der Waals surface area (Å²) in [4.78, 5) is 21.4. The second-order valence-corrected chi connectivity index (χ2v) is 8.88. The lowest BCUT2D eigenvalue weighted by molar-refractivity contribution is 0.0792. The molecule has 4 heterocycles. The lowest BCUT2D eigenvalue weighted by Gasteiger charge is -2.33. The number of hydrogen-bond donors (Lipinski definition) is 1. The number of carbonyl (C=O) groups is 1. The molecule has 2 aliphatic heterocycles. The number of pyridine rings is 1. The van der Waals surface area contributed by atoms with Crippen LogP contribution >= 0.6 is 0 Å². The minimum atomic E-state index is -0.467. The molecular formula is C21H31N7O. The molecule has 0 radical (unpaired) electrons. The number of amides is 1. The van der Waals surface area contributed by atoms with Crippen molar-refractivity contribution >= 4 is 11.7 Å². The third kappa shape index (κ3) is 4.58. The zero-order chi connectivity index (χ0) is 20.4. The Bertz CT molecular complexity index is 843. The molecule has 4 rings (SSSR count). The lowest BCUT2D eigenvalue weighted by atomic mass is 9.96. The van der Waals surface area contributed by atoms with Crippen molar-refractivity contribution in [3.63, 3.8) is 0 Å². The summed E-state index contributed by atoms with van der Waals surface area (Å²) >= 11 is 0. The molecule has 1 amide bonds. The van der Waals surface area contributed by atoms with Crippen LogP contribution in [-0.4, -0.2) is 57.0 Å². The zero-order valence-corrected chi connectivity index (χ0v) is 17.4. The van der Waals surface area contributed by atoms with Crippen LogP contribution in [0.3, 0.4) is 0 Å². The topological polar surface area (TPSA) is 93.2 Å². The quantitative estimate of drug-likeness (QED) is 0.830. The van der Waals surface area contributed by atoms with Crippen LogP contribution in [0.15, 0.2) is 24.5 Å². The van der Waals surface area contributed by atoms with Crippen LogP contribution in [0, 0.1) is 5.92 Å². The Morgan fingerprint density at radius 1 is 1.21 bits per heavy atom. The molecule has 0 spiro atoms. The summed E-state index contributed by atoms with van der Waals surface area (Å²) in [7, 11) is 0. The Morgan fingerprint density at radius 3 is 2.59 bits per heavy atom. The standard InChI is InChI=1S/C21H31N7O/c1-21(2,22)18-15-28(25-24-18)14-16-6-11-26(12-7-16)19-13-17(5-8-23-19)20(29)27-9-3-4-10-27/h5,8,13,15-16H,3-4,6-7,9-12,14,22H2,1-2H3. The van der Waals surface area contributed by atoms with Gasteiger partial charge in [-0.25, -0.2) is 4.98 Å². The van der Waals surface area contributed by atoms with Crippen molar-refractivity contribution in [1.82, 2.24) is 24.9 Å². The van der Waals surface area contributed by atoms with E-state index in [1.54, 1.807) is 6.20 Å². The van der Waals surface area contributed by atoms with Crippen molar-refractivity contribution in [2.45, 2.75) is 51.6 Å². The monoisotopic (exact) mass is 397 g/mol. The maximum absolute atomic E-state index is 12.7. The van der Waals surface area contributed by atoms with E-state index in [-0.39, 0.29) is 5.91 Å². The molecule has 2 aromatic heterocycles. The fourth-order valence-corrected chi connectivity index (χ4v) is 4.12. The first-order valence-electron chi connectivity index (χ1n) is 10.6. The van der Waals surface area contributed by atoms with E-state index in [1.165, 1.54) is 0 Å². The molecule has 2 aromatic rings. The first kappa shape index (κ1) is 19.8. The Balaban J connectivity index is 1.34. The number of rotatable bonds is 5. The van der Waals surface area contributed by atoms with Gasteiger partial charge in [0.05, 0.1) is 11.7 Å². The normalized spacial score (nSPS) is 18.4. The van der Waals surface area contributed by atoms with Gasteiger partial charge in [0.15, 0.2) is 0 Å². The summed E-state index contributed by atoms with van der Waals surface area (Å²) in [6, 6.07) is 3.78. The lowest BCUT2D eigenvalue weighted by Crippen LogP contribution is -2.36. The number of aromatic nitrogens is 4. The predicted octanol–water partition coefficient (Wildman–Crippen LogP) is 2.02. The molecule has 2 saturated heterocycles. The molecule has 2 aliphatic rings. The van der Waals surface area contributed by atoms with E-state index in [1.807, 2.05) is 41.8 Å². The maximum Gasteiger partial charge on any atom is 0.254 e. The minimum Gasteiger partial charge on any atom is -0.357 e. The molecule has 0 unspecified atom stereocenters. The third-order valence-electron chi connectivity index (χ3n) is 5.97. The van der Waals surface area contributed by atoms with Crippen LogP contribution in [0.4, 0.5) is 5.82 Å². The first-order valence-corrected chi connectivity index (χ1v) is 10.6. The van der Waals surface area contributed by atoms with Crippen LogP contribution in [-0.2, 0) is 12.1 Å². The highest BCUT2D eigenvalue weighted by Gasteiger charge is 2.24. The fourth-order valence-electron chi connectivity index (χ4n) is 4.12. The number of carbonyl (C=O) groups excluding carboxylic acids is 1. The van der Waals surface area contributed by atoms with Crippen molar-refractivity contribution in [2.75, 3.05) is 31.1 Å². The minimum absolute atomic E-state index is 0.130. The number of piperidine rings is 1. The van der Waals surface area contributed by atoms with Gasteiger partial charge in [0.25, 0.3) is 5.91 Å². The highest BCUT2D eigenvalue weighted by atomic mass is 16.2. The van der Waals surface area contributed by atoms with Crippen molar-refractivity contribution in [1.29, 1.82) is 0 Å². The largest absolute Gasteiger partial charge is 0.357 e. The highest BCUT2D eigenvalue weighted by Crippen LogP contribution is 2.24. The Morgan fingerprint density at radius 2 is 1.93 bits per heavy atom. The number of anilines is 1. The SMILES string of the molecule is CC(C)(N)c1cn(CC2CCN(c3cc(C(=O)N4CCCC4)ccn3)CC2)nn1. The van der Waals surface area contributed by atoms with Crippen LogP contribution in [0.2, 0.25) is 0 Å². The second-order valence-electron chi connectivity index (χ2n) is 8.88. The summed E-state index contributed by atoms with van der Waals surface area (Å²) in [6.45, 7) is 8.34. The van der Waals surface area contributed by atoms with E-state index in [0.717, 1.165) is 75.5 Å². The molecule has 29 heavy (non-hydrogen) atoms. The molecule has 0 bridgehead atoms. The average Bonchev–Trinajstić information content (AvgIpc) is 3.40. The van der Waals surface area contributed by atoms with Crippen LogP contribution in [0.5, 0.6) is 0 Å². The Labute approximate surface area is 172 Å². The van der Waals surface area contributed by atoms with Crippen LogP contribution < -0.4 is 10.6 Å². The molecule has 2 N–H and O–H groups in total. The van der Waals surface area contributed by atoms with E-state index in [4.69, 9.17) is 5.73 Å². The van der Waals surface area contributed by atoms with Gasteiger partial charge in [0.2, 0.25) is 0 Å². The van der Waals surface area contributed by atoms with Crippen LogP contribution in [0.25, 0.3) is 0 Å². The molecule has 8 heteroatoms. The summed E-state index contributed by atoms with van der Waals surface area (Å²) < 4.78 is 1.91. The van der Waals surface area contributed by atoms with E-state index < -0.39 is 5.54 Å². The van der Waals surface area contributed by atoms with Gasteiger partial charge in [-0.1, -0.05) is 5.21 Å². The number of nitrogens with two attached hydrogens (primary N) is 1. The average molecular weight is 398 g/mol. The van der Waals surface area contributed by atoms with E-state index in [0.29, 0.717) is 5.92 Å². The summed E-state index contributed by atoms with van der Waals surface area (Å²) in [5.41, 5.74) is 7.20. The Kier molecular flexibility index (Phi) is 5.54. The maximum atomic E-state index is 12.7. The fraction of sp³-hybridized carbons (Fsp3) is 0.619. The molecule has 156 valence electrons. The van der Waals surface area contributed by atoms with Gasteiger partial charge in [0.1, 0.15) is 11.5 Å². The molecule has 0 aromatic carbocycles. The number of nitrogens with zero attached hydrogens (tertiary/aromatic N) is 6. The second kappa shape index (κ2) is 8.10. The van der Waals surface area contributed by atoms with Crippen LogP contribution in [0.1, 0.15) is 55.6 Å². The molecule has 2 fully saturated rings. The molecule has 0 saturated carbocycles. The van der Waals surface area contributed by atoms with Gasteiger partial charge < -0.3 is 15.5 Å². The molecule has 0 aliphatic carbocycles. The van der Waals surface area contributed by atoms with Crippen molar-refractivity contribution in [3.05, 3.63) is 35.8 Å². The number of likely N-dealkylation sites (tertiary alicyclic amines) is 1. The Hall–Kier alpha value is -2.48. The third-order valence-corrected chi connectivity index (χ3v) is 5.97. The predicted molar refractivity (Wildman–Crippen MR) is 112 cm³/mol. The van der Waals surface area contributed by atoms with Crippen molar-refractivity contribution < 1.29 is 4.79 Å². The van der Waals surface area contributed by atoms with E-state index >= 15 is 0 Å². The van der Waals surface area contributed by atoms with Gasteiger partial charge in [0, 0.05) is 44.5 Å². The smallest absolute Gasteiger partial charge is 0.254 e. The van der Waals surface area contributed by atoms with Gasteiger partial charge >= 0.3 is 0 Å². The summed E-state index contributed by atoms with van der Waals surface area (Å²) in [5, 5.41) is 8.45. The summed E-state index contributed by atoms with van der Waals surface area (Å²) in [5.74, 6) is 1.59. The highest BCUT2D eigenvalue weighted by molar-refractivity contribution is 5.95. The molecule has 0 atom stereocenters. The molecule has 8 nitrogen and oxygen atoms in total. The van der Waals surface area contributed by atoms with Gasteiger partial charge in [-0.3, -0.25) is 9.48 Å². The zero-order valence-electron chi connectivity index (χ0n) is 17.4. The van der Waals surface area contributed by atoms with E-state index in [2.05, 4.69) is 20.2 Å². The van der Waals surface area contributed by atoms with Gasteiger partial charge in [-0.2, -0.15) is 0 Å². The van der Waals surface area contributed by atoms with Gasteiger partial charge in [-0.15, -0.1) is 5.10 Å². The first-order chi connectivity index (χ1) is 13.9. The van der Waals surface area contributed by atoms with E-state index in [9.17, 15) is 4.79 Å². The van der Waals surface area contributed by atoms with Crippen molar-refractivity contribution in [3.8, 4) is 0 Å².